The maximum absolute atomic E-state index is 13.7. The molecule has 1 atom stereocenters. The van der Waals surface area contributed by atoms with E-state index in [-0.39, 0.29) is 11.6 Å². The molecule has 84 valence electrons. The summed E-state index contributed by atoms with van der Waals surface area (Å²) < 4.78 is 13.7. The fourth-order valence-electron chi connectivity index (χ4n) is 1.63. The second kappa shape index (κ2) is 4.76. The van der Waals surface area contributed by atoms with Crippen molar-refractivity contribution in [2.24, 2.45) is 5.73 Å². The van der Waals surface area contributed by atoms with E-state index in [4.69, 9.17) is 17.3 Å². The van der Waals surface area contributed by atoms with E-state index >= 15 is 0 Å². The van der Waals surface area contributed by atoms with Crippen LogP contribution in [0, 0.1) is 0 Å². The third-order valence-corrected chi connectivity index (χ3v) is 2.76. The molecule has 0 saturated carbocycles. The van der Waals surface area contributed by atoms with E-state index in [1.54, 1.807) is 6.07 Å². The van der Waals surface area contributed by atoms with E-state index in [2.05, 4.69) is 4.98 Å². The Morgan fingerprint density at radius 2 is 2.12 bits per heavy atom. The Morgan fingerprint density at radius 1 is 1.38 bits per heavy atom. The van der Waals surface area contributed by atoms with E-state index in [0.29, 0.717) is 12.1 Å². The minimum Gasteiger partial charge on any atom is -0.330 e. The van der Waals surface area contributed by atoms with Crippen LogP contribution >= 0.6 is 11.6 Å². The van der Waals surface area contributed by atoms with Crippen LogP contribution in [0.2, 0.25) is 5.15 Å². The monoisotopic (exact) mass is 238 g/mol. The third-order valence-electron chi connectivity index (χ3n) is 2.46. The molecule has 4 heteroatoms. The van der Waals surface area contributed by atoms with Gasteiger partial charge in [-0.25, -0.2) is 9.37 Å². The highest BCUT2D eigenvalue weighted by atomic mass is 35.5. The number of nitrogens with two attached hydrogens (primary N) is 1. The van der Waals surface area contributed by atoms with Gasteiger partial charge in [-0.15, -0.1) is 0 Å². The molecule has 2 rings (SSSR count). The van der Waals surface area contributed by atoms with Gasteiger partial charge in [0.2, 0.25) is 0 Å². The zero-order valence-corrected chi connectivity index (χ0v) is 9.41. The smallest absolute Gasteiger partial charge is 0.135 e. The summed E-state index contributed by atoms with van der Waals surface area (Å²) in [7, 11) is 0. The summed E-state index contributed by atoms with van der Waals surface area (Å²) in [6.07, 6.45) is -0.880. The molecule has 2 nitrogen and oxygen atoms in total. The van der Waals surface area contributed by atoms with Gasteiger partial charge in [0.1, 0.15) is 11.3 Å². The first-order valence-corrected chi connectivity index (χ1v) is 5.49. The molecule has 0 aliphatic carbocycles. The molecule has 0 aliphatic heterocycles. The van der Waals surface area contributed by atoms with Crippen molar-refractivity contribution in [1.82, 2.24) is 4.98 Å². The van der Waals surface area contributed by atoms with E-state index < -0.39 is 6.17 Å². The molecule has 0 amide bonds. The van der Waals surface area contributed by atoms with E-state index in [1.807, 2.05) is 24.3 Å². The standard InChI is InChI=1S/C12H12ClFN2/c13-12-9(10(14)5-6-15)7-8-3-1-2-4-11(8)16-12/h1-4,7,10H,5-6,15H2. The van der Waals surface area contributed by atoms with Gasteiger partial charge in [-0.2, -0.15) is 0 Å². The number of rotatable bonds is 3. The van der Waals surface area contributed by atoms with Crippen molar-refractivity contribution in [3.8, 4) is 0 Å². The number of fused-ring (bicyclic) bond motifs is 1. The number of alkyl halides is 1. The van der Waals surface area contributed by atoms with Gasteiger partial charge in [0, 0.05) is 10.9 Å². The number of hydrogen-bond donors (Lipinski definition) is 1. The predicted octanol–water partition coefficient (Wildman–Crippen LogP) is 3.25. The molecule has 0 saturated heterocycles. The lowest BCUT2D eigenvalue weighted by molar-refractivity contribution is 0.327. The Balaban J connectivity index is 2.49. The molecule has 1 aromatic heterocycles. The van der Waals surface area contributed by atoms with E-state index in [0.717, 1.165) is 10.9 Å². The van der Waals surface area contributed by atoms with Gasteiger partial charge in [0.25, 0.3) is 0 Å². The first-order valence-electron chi connectivity index (χ1n) is 5.11. The van der Waals surface area contributed by atoms with Crippen LogP contribution in [0.5, 0.6) is 0 Å². The van der Waals surface area contributed by atoms with Crippen molar-refractivity contribution in [1.29, 1.82) is 0 Å². The number of aromatic nitrogens is 1. The van der Waals surface area contributed by atoms with Crippen molar-refractivity contribution < 1.29 is 4.39 Å². The molecule has 2 N–H and O–H groups in total. The number of nitrogens with zero attached hydrogens (tertiary/aromatic N) is 1. The van der Waals surface area contributed by atoms with E-state index in [1.165, 1.54) is 0 Å². The van der Waals surface area contributed by atoms with Crippen molar-refractivity contribution in [3.05, 3.63) is 41.0 Å². The second-order valence-electron chi connectivity index (χ2n) is 3.61. The van der Waals surface area contributed by atoms with Crippen LogP contribution in [0.3, 0.4) is 0 Å². The summed E-state index contributed by atoms with van der Waals surface area (Å²) in [4.78, 5) is 4.16. The highest BCUT2D eigenvalue weighted by Crippen LogP contribution is 2.29. The summed E-state index contributed by atoms with van der Waals surface area (Å²) in [5, 5.41) is 1.11. The van der Waals surface area contributed by atoms with Gasteiger partial charge in [-0.05, 0) is 25.1 Å². The predicted molar refractivity (Wildman–Crippen MR) is 64.3 cm³/mol. The van der Waals surface area contributed by atoms with Crippen LogP contribution in [0.15, 0.2) is 30.3 Å². The fraction of sp³-hybridized carbons (Fsp3) is 0.250. The quantitative estimate of drug-likeness (QED) is 0.834. The first kappa shape index (κ1) is 11.3. The van der Waals surface area contributed by atoms with Gasteiger partial charge < -0.3 is 5.73 Å². The number of para-hydroxylation sites is 1. The molecule has 0 aliphatic rings. The van der Waals surface area contributed by atoms with Crippen LogP contribution in [0.25, 0.3) is 10.9 Å². The maximum Gasteiger partial charge on any atom is 0.135 e. The first-order chi connectivity index (χ1) is 7.72. The summed E-state index contributed by atoms with van der Waals surface area (Å²) in [6, 6.07) is 9.24. The Morgan fingerprint density at radius 3 is 2.88 bits per heavy atom. The molecule has 1 aromatic carbocycles. The normalized spacial score (nSPS) is 12.9. The minimum atomic E-state index is -1.14. The SMILES string of the molecule is NCCC(F)c1cc2ccccc2nc1Cl. The highest BCUT2D eigenvalue weighted by Gasteiger charge is 2.14. The maximum atomic E-state index is 13.7. The molecule has 0 radical (unpaired) electrons. The van der Waals surface area contributed by atoms with E-state index in [9.17, 15) is 4.39 Å². The zero-order valence-electron chi connectivity index (χ0n) is 8.66. The second-order valence-corrected chi connectivity index (χ2v) is 3.96. The molecule has 1 unspecified atom stereocenters. The molecule has 1 heterocycles. The number of benzene rings is 1. The lowest BCUT2D eigenvalue weighted by Gasteiger charge is -2.09. The van der Waals surface area contributed by atoms with Crippen molar-refractivity contribution in [3.63, 3.8) is 0 Å². The molecule has 16 heavy (non-hydrogen) atoms. The van der Waals surface area contributed by atoms with Gasteiger partial charge in [0.15, 0.2) is 0 Å². The molecule has 0 spiro atoms. The van der Waals surface area contributed by atoms with Crippen LogP contribution in [-0.4, -0.2) is 11.5 Å². The number of pyridine rings is 1. The highest BCUT2D eigenvalue weighted by molar-refractivity contribution is 6.30. The molecular weight excluding hydrogens is 227 g/mol. The lowest BCUT2D eigenvalue weighted by atomic mass is 10.1. The van der Waals surface area contributed by atoms with Crippen molar-refractivity contribution in [2.45, 2.75) is 12.6 Å². The molecule has 0 fully saturated rings. The minimum absolute atomic E-state index is 0.222. The van der Waals surface area contributed by atoms with Crippen LogP contribution in [-0.2, 0) is 0 Å². The van der Waals surface area contributed by atoms with Gasteiger partial charge in [-0.3, -0.25) is 0 Å². The average Bonchev–Trinajstić information content (AvgIpc) is 2.28. The van der Waals surface area contributed by atoms with Crippen molar-refractivity contribution in [2.75, 3.05) is 6.54 Å². The average molecular weight is 239 g/mol. The molecule has 2 aromatic rings. The Kier molecular flexibility index (Phi) is 3.36. The molecule has 0 bridgehead atoms. The summed E-state index contributed by atoms with van der Waals surface area (Å²) in [5.74, 6) is 0. The number of halogens is 2. The van der Waals surface area contributed by atoms with Crippen LogP contribution in [0.1, 0.15) is 18.2 Å². The van der Waals surface area contributed by atoms with Crippen molar-refractivity contribution >= 4 is 22.5 Å². The zero-order chi connectivity index (χ0) is 11.5. The summed E-state index contributed by atoms with van der Waals surface area (Å²) in [6.45, 7) is 0.296. The van der Waals surface area contributed by atoms with Gasteiger partial charge >= 0.3 is 0 Å². The Labute approximate surface area is 98.2 Å². The lowest BCUT2D eigenvalue weighted by Crippen LogP contribution is -2.04. The third kappa shape index (κ3) is 2.15. The summed E-state index contributed by atoms with van der Waals surface area (Å²) >= 11 is 5.94. The van der Waals surface area contributed by atoms with Gasteiger partial charge in [0.05, 0.1) is 5.52 Å². The van der Waals surface area contributed by atoms with Gasteiger partial charge in [-0.1, -0.05) is 29.8 Å². The Bertz CT molecular complexity index is 501. The topological polar surface area (TPSA) is 38.9 Å². The largest absolute Gasteiger partial charge is 0.330 e. The fourth-order valence-corrected chi connectivity index (χ4v) is 1.89. The Hall–Kier alpha value is -1.19. The van der Waals surface area contributed by atoms with Crippen LogP contribution < -0.4 is 5.73 Å². The summed E-state index contributed by atoms with van der Waals surface area (Å²) in [5.41, 5.74) is 6.52. The van der Waals surface area contributed by atoms with Crippen LogP contribution in [0.4, 0.5) is 4.39 Å². The molecular formula is C12H12ClFN2. The number of hydrogen-bond acceptors (Lipinski definition) is 2.